The molecule has 3 rings (SSSR count). The first-order valence-electron chi connectivity index (χ1n) is 6.77. The number of rotatable bonds is 3. The molecule has 1 aliphatic heterocycles. The smallest absolute Gasteiger partial charge is 0.282 e. The Morgan fingerprint density at radius 3 is 2.33 bits per heavy atom. The molecular formula is C16H11NO4S3. The zero-order valence-electron chi connectivity index (χ0n) is 12.1. The number of carbonyl (C=O) groups is 1. The highest BCUT2D eigenvalue weighted by Gasteiger charge is 2.33. The second-order valence-corrected chi connectivity index (χ2v) is 7.93. The van der Waals surface area contributed by atoms with Crippen LogP contribution in [0.3, 0.4) is 0 Å². The number of hydrogen-bond acceptors (Lipinski definition) is 5. The number of para-hydroxylation sites is 1. The van der Waals surface area contributed by atoms with E-state index in [2.05, 4.69) is 0 Å². The molecule has 2 aromatic carbocycles. The molecule has 0 radical (unpaired) electrons. The maximum Gasteiger partial charge on any atom is 0.295 e. The molecule has 8 heteroatoms. The highest BCUT2D eigenvalue weighted by Crippen LogP contribution is 2.36. The first-order valence-corrected chi connectivity index (χ1v) is 9.44. The Bertz CT molecular complexity index is 952. The number of thioether (sulfide) groups is 1. The molecule has 0 atom stereocenters. The Balaban J connectivity index is 2.02. The minimum Gasteiger partial charge on any atom is -0.282 e. The van der Waals surface area contributed by atoms with E-state index in [1.807, 2.05) is 6.07 Å². The third-order valence-electron chi connectivity index (χ3n) is 3.29. The quantitative estimate of drug-likeness (QED) is 0.502. The van der Waals surface area contributed by atoms with E-state index in [9.17, 15) is 17.8 Å². The van der Waals surface area contributed by atoms with Crippen LogP contribution in [0.5, 0.6) is 0 Å². The molecule has 122 valence electrons. The summed E-state index contributed by atoms with van der Waals surface area (Å²) in [4.78, 5) is 14.0. The highest BCUT2D eigenvalue weighted by molar-refractivity contribution is 8.27. The van der Waals surface area contributed by atoms with Gasteiger partial charge in [0.15, 0.2) is 4.32 Å². The molecule has 0 spiro atoms. The van der Waals surface area contributed by atoms with Gasteiger partial charge in [-0.2, -0.15) is 8.42 Å². The minimum absolute atomic E-state index is 0.230. The van der Waals surface area contributed by atoms with E-state index in [0.717, 1.165) is 11.8 Å². The number of benzene rings is 2. The average Bonchev–Trinajstić information content (AvgIpc) is 2.82. The number of thiocarbonyl (C=S) groups is 1. The fraction of sp³-hybridized carbons (Fsp3) is 0. The van der Waals surface area contributed by atoms with Gasteiger partial charge in [-0.05, 0) is 29.8 Å². The van der Waals surface area contributed by atoms with E-state index in [-0.39, 0.29) is 16.4 Å². The van der Waals surface area contributed by atoms with Crippen molar-refractivity contribution in [2.75, 3.05) is 4.90 Å². The molecule has 1 saturated heterocycles. The van der Waals surface area contributed by atoms with Crippen LogP contribution in [0, 0.1) is 0 Å². The topological polar surface area (TPSA) is 74.7 Å². The summed E-state index contributed by atoms with van der Waals surface area (Å²) in [5.41, 5.74) is 0.875. The molecule has 0 aromatic heterocycles. The van der Waals surface area contributed by atoms with Gasteiger partial charge < -0.3 is 0 Å². The lowest BCUT2D eigenvalue weighted by molar-refractivity contribution is -0.113. The van der Waals surface area contributed by atoms with Crippen LogP contribution >= 0.6 is 24.0 Å². The molecular weight excluding hydrogens is 366 g/mol. The fourth-order valence-electron chi connectivity index (χ4n) is 2.24. The van der Waals surface area contributed by atoms with Crippen molar-refractivity contribution in [1.29, 1.82) is 0 Å². The predicted molar refractivity (Wildman–Crippen MR) is 98.4 cm³/mol. The lowest BCUT2D eigenvalue weighted by Gasteiger charge is -2.13. The van der Waals surface area contributed by atoms with Gasteiger partial charge in [0.2, 0.25) is 0 Å². The second-order valence-electron chi connectivity index (χ2n) is 4.87. The van der Waals surface area contributed by atoms with Crippen molar-refractivity contribution in [3.8, 4) is 0 Å². The van der Waals surface area contributed by atoms with Crippen LogP contribution in [0.4, 0.5) is 5.69 Å². The van der Waals surface area contributed by atoms with Crippen LogP contribution in [-0.2, 0) is 14.9 Å². The first kappa shape index (κ1) is 16.8. The standard InChI is InChI=1S/C16H11NO4S3/c18-15-13(10-11-6-4-5-9-14(11)24(19,20)21)23-16(22)17(15)12-7-2-1-3-8-12/h1-10H,(H,19,20,21)/b13-10+. The Kier molecular flexibility index (Phi) is 4.55. The maximum absolute atomic E-state index is 12.6. The van der Waals surface area contributed by atoms with E-state index < -0.39 is 10.1 Å². The predicted octanol–water partition coefficient (Wildman–Crippen LogP) is 3.34. The molecule has 5 nitrogen and oxygen atoms in total. The average molecular weight is 377 g/mol. The maximum atomic E-state index is 12.6. The van der Waals surface area contributed by atoms with E-state index in [1.54, 1.807) is 30.3 Å². The summed E-state index contributed by atoms with van der Waals surface area (Å²) < 4.78 is 32.6. The van der Waals surface area contributed by atoms with Gasteiger partial charge in [0.25, 0.3) is 16.0 Å². The largest absolute Gasteiger partial charge is 0.295 e. The lowest BCUT2D eigenvalue weighted by atomic mass is 10.2. The van der Waals surface area contributed by atoms with Crippen molar-refractivity contribution in [3.63, 3.8) is 0 Å². The molecule has 1 amide bonds. The van der Waals surface area contributed by atoms with Gasteiger partial charge in [0, 0.05) is 0 Å². The summed E-state index contributed by atoms with van der Waals surface area (Å²) in [6.45, 7) is 0. The minimum atomic E-state index is -4.38. The Morgan fingerprint density at radius 2 is 1.67 bits per heavy atom. The molecule has 2 aromatic rings. The van der Waals surface area contributed by atoms with Crippen LogP contribution in [-0.4, -0.2) is 23.2 Å². The number of anilines is 1. The van der Waals surface area contributed by atoms with Crippen molar-refractivity contribution >= 4 is 56.1 Å². The number of nitrogens with zero attached hydrogens (tertiary/aromatic N) is 1. The van der Waals surface area contributed by atoms with Crippen LogP contribution in [0.15, 0.2) is 64.4 Å². The summed E-state index contributed by atoms with van der Waals surface area (Å²) in [6.07, 6.45) is 1.42. The van der Waals surface area contributed by atoms with Crippen LogP contribution in [0.25, 0.3) is 6.08 Å². The molecule has 1 aliphatic rings. The molecule has 1 heterocycles. The molecule has 1 fully saturated rings. The van der Waals surface area contributed by atoms with E-state index in [4.69, 9.17) is 12.2 Å². The van der Waals surface area contributed by atoms with E-state index in [1.165, 1.54) is 29.2 Å². The summed E-state index contributed by atoms with van der Waals surface area (Å²) in [7, 11) is -4.38. The fourth-order valence-corrected chi connectivity index (χ4v) is 4.21. The summed E-state index contributed by atoms with van der Waals surface area (Å²) in [6, 6.07) is 14.9. The molecule has 0 bridgehead atoms. The van der Waals surface area contributed by atoms with Crippen molar-refractivity contribution in [2.24, 2.45) is 0 Å². The van der Waals surface area contributed by atoms with E-state index >= 15 is 0 Å². The Hall–Kier alpha value is -2.00. The van der Waals surface area contributed by atoms with Crippen LogP contribution < -0.4 is 4.90 Å². The van der Waals surface area contributed by atoms with E-state index in [0.29, 0.717) is 14.9 Å². The van der Waals surface area contributed by atoms with Crippen LogP contribution in [0.2, 0.25) is 0 Å². The summed E-state index contributed by atoms with van der Waals surface area (Å²) >= 11 is 6.34. The summed E-state index contributed by atoms with van der Waals surface area (Å²) in [5, 5.41) is 0. The highest BCUT2D eigenvalue weighted by atomic mass is 32.2. The third kappa shape index (κ3) is 3.27. The number of amides is 1. The van der Waals surface area contributed by atoms with Gasteiger partial charge in [-0.25, -0.2) is 0 Å². The second kappa shape index (κ2) is 6.48. The number of hydrogen-bond donors (Lipinski definition) is 1. The zero-order valence-corrected chi connectivity index (χ0v) is 14.6. The summed E-state index contributed by atoms with van der Waals surface area (Å²) in [5.74, 6) is -0.332. The van der Waals surface area contributed by atoms with Gasteiger partial charge in [-0.1, -0.05) is 60.4 Å². The van der Waals surface area contributed by atoms with Crippen molar-refractivity contribution < 1.29 is 17.8 Å². The van der Waals surface area contributed by atoms with Gasteiger partial charge in [0.1, 0.15) is 4.90 Å². The molecule has 0 aliphatic carbocycles. The first-order chi connectivity index (χ1) is 11.4. The zero-order chi connectivity index (χ0) is 17.3. The molecule has 0 unspecified atom stereocenters. The lowest BCUT2D eigenvalue weighted by Crippen LogP contribution is -2.27. The molecule has 1 N–H and O–H groups in total. The van der Waals surface area contributed by atoms with Crippen molar-refractivity contribution in [1.82, 2.24) is 0 Å². The number of carbonyl (C=O) groups excluding carboxylic acids is 1. The van der Waals surface area contributed by atoms with Crippen molar-refractivity contribution in [3.05, 3.63) is 65.1 Å². The Morgan fingerprint density at radius 1 is 1.04 bits per heavy atom. The molecule has 0 saturated carbocycles. The Labute approximate surface area is 148 Å². The normalized spacial score (nSPS) is 16.9. The SMILES string of the molecule is O=C1/C(=C\c2ccccc2S(=O)(=O)O)SC(=S)N1c1ccccc1. The van der Waals surface area contributed by atoms with Crippen LogP contribution in [0.1, 0.15) is 5.56 Å². The monoisotopic (exact) mass is 377 g/mol. The van der Waals surface area contributed by atoms with Gasteiger partial charge >= 0.3 is 0 Å². The van der Waals surface area contributed by atoms with Crippen molar-refractivity contribution in [2.45, 2.75) is 4.90 Å². The van der Waals surface area contributed by atoms with Gasteiger partial charge in [-0.3, -0.25) is 14.2 Å². The molecule has 24 heavy (non-hydrogen) atoms. The third-order valence-corrected chi connectivity index (χ3v) is 5.52. The van der Waals surface area contributed by atoms with Gasteiger partial charge in [-0.15, -0.1) is 0 Å². The van der Waals surface area contributed by atoms with Gasteiger partial charge in [0.05, 0.1) is 10.6 Å².